The highest BCUT2D eigenvalue weighted by atomic mass is 79.9. The largest absolute Gasteiger partial charge is 0.492 e. The summed E-state index contributed by atoms with van der Waals surface area (Å²) in [5.41, 5.74) is 0.947. The van der Waals surface area contributed by atoms with Gasteiger partial charge in [0, 0.05) is 23.1 Å². The molecule has 0 radical (unpaired) electrons. The molecule has 1 aromatic rings. The molecule has 0 saturated heterocycles. The van der Waals surface area contributed by atoms with Gasteiger partial charge in [-0.1, -0.05) is 15.9 Å². The fraction of sp³-hybridized carbons (Fsp3) is 0.533. The first-order valence-electron chi connectivity index (χ1n) is 7.01. The summed E-state index contributed by atoms with van der Waals surface area (Å²) in [6, 6.07) is 5.77. The van der Waals surface area contributed by atoms with Crippen molar-refractivity contribution in [1.82, 2.24) is 4.90 Å². The van der Waals surface area contributed by atoms with Crippen LogP contribution in [0.3, 0.4) is 0 Å². The van der Waals surface area contributed by atoms with Crippen LogP contribution in [0.2, 0.25) is 0 Å². The normalized spacial score (nSPS) is 20.4. The lowest BCUT2D eigenvalue weighted by Crippen LogP contribution is -2.39. The number of fused-ring (bicyclic) bond motifs is 1. The Kier molecular flexibility index (Phi) is 3.98. The van der Waals surface area contributed by atoms with Gasteiger partial charge in [-0.25, -0.2) is 0 Å². The Hall–Kier alpha value is -1.07. The molecular formula is C15H18BrNO3. The van der Waals surface area contributed by atoms with E-state index in [0.29, 0.717) is 19.1 Å². The number of halogens is 1. The second-order valence-electron chi connectivity index (χ2n) is 5.50. The van der Waals surface area contributed by atoms with E-state index in [4.69, 9.17) is 9.84 Å². The van der Waals surface area contributed by atoms with E-state index in [-0.39, 0.29) is 18.4 Å². The summed E-state index contributed by atoms with van der Waals surface area (Å²) in [5, 5.41) is 9.17. The quantitative estimate of drug-likeness (QED) is 0.894. The van der Waals surface area contributed by atoms with E-state index in [1.54, 1.807) is 4.90 Å². The monoisotopic (exact) mass is 339 g/mol. The molecule has 1 amide bonds. The minimum atomic E-state index is -0.243. The van der Waals surface area contributed by atoms with Crippen molar-refractivity contribution >= 4 is 21.8 Å². The molecule has 1 unspecified atom stereocenters. The molecule has 1 N–H and O–H groups in total. The number of ether oxygens (including phenoxy) is 1. The Morgan fingerprint density at radius 1 is 1.45 bits per heavy atom. The highest BCUT2D eigenvalue weighted by Gasteiger charge is 2.35. The van der Waals surface area contributed by atoms with Crippen molar-refractivity contribution in [2.45, 2.75) is 18.8 Å². The maximum Gasteiger partial charge on any atom is 0.233 e. The van der Waals surface area contributed by atoms with E-state index in [1.165, 1.54) is 12.8 Å². The van der Waals surface area contributed by atoms with Gasteiger partial charge in [0.25, 0.3) is 0 Å². The first kappa shape index (κ1) is 13.9. The highest BCUT2D eigenvalue weighted by Crippen LogP contribution is 2.37. The molecule has 3 rings (SSSR count). The Bertz CT molecular complexity index is 516. The zero-order valence-corrected chi connectivity index (χ0v) is 12.8. The lowest BCUT2D eigenvalue weighted by atomic mass is 9.99. The van der Waals surface area contributed by atoms with Gasteiger partial charge in [-0.05, 0) is 37.0 Å². The van der Waals surface area contributed by atoms with E-state index in [1.807, 2.05) is 18.2 Å². The van der Waals surface area contributed by atoms with Crippen LogP contribution in [0.5, 0.6) is 5.75 Å². The maximum atomic E-state index is 12.7. The molecule has 1 aliphatic heterocycles. The van der Waals surface area contributed by atoms with Crippen LogP contribution in [0.4, 0.5) is 0 Å². The summed E-state index contributed by atoms with van der Waals surface area (Å²) >= 11 is 3.44. The van der Waals surface area contributed by atoms with Crippen LogP contribution in [-0.2, 0) is 4.79 Å². The molecule has 1 heterocycles. The number of hydrogen-bond donors (Lipinski definition) is 1. The number of carbonyl (C=O) groups is 1. The highest BCUT2D eigenvalue weighted by molar-refractivity contribution is 9.10. The molecule has 1 atom stereocenters. The van der Waals surface area contributed by atoms with Gasteiger partial charge >= 0.3 is 0 Å². The Morgan fingerprint density at radius 3 is 2.95 bits per heavy atom. The number of aliphatic hydroxyl groups is 1. The van der Waals surface area contributed by atoms with Crippen molar-refractivity contribution in [1.29, 1.82) is 0 Å². The average Bonchev–Trinajstić information content (AvgIpc) is 3.15. The molecule has 20 heavy (non-hydrogen) atoms. The van der Waals surface area contributed by atoms with Crippen LogP contribution in [-0.4, -0.2) is 42.2 Å². The van der Waals surface area contributed by atoms with Crippen LogP contribution < -0.4 is 4.74 Å². The number of nitrogens with zero attached hydrogens (tertiary/aromatic N) is 1. The van der Waals surface area contributed by atoms with Gasteiger partial charge in [0.1, 0.15) is 18.3 Å². The predicted molar refractivity (Wildman–Crippen MR) is 78.8 cm³/mol. The lowest BCUT2D eigenvalue weighted by Gasteiger charge is -2.24. The van der Waals surface area contributed by atoms with Gasteiger partial charge in [-0.15, -0.1) is 0 Å². The fourth-order valence-electron chi connectivity index (χ4n) is 2.63. The second-order valence-corrected chi connectivity index (χ2v) is 6.41. The first-order chi connectivity index (χ1) is 9.69. The van der Waals surface area contributed by atoms with Gasteiger partial charge in [0.2, 0.25) is 5.91 Å². The van der Waals surface area contributed by atoms with Crippen molar-refractivity contribution in [3.8, 4) is 5.75 Å². The molecular weight excluding hydrogens is 322 g/mol. The van der Waals surface area contributed by atoms with Gasteiger partial charge in [-0.2, -0.15) is 0 Å². The number of hydrogen-bond acceptors (Lipinski definition) is 3. The van der Waals surface area contributed by atoms with Crippen LogP contribution in [0.15, 0.2) is 22.7 Å². The molecule has 5 heteroatoms. The minimum Gasteiger partial charge on any atom is -0.492 e. The number of aliphatic hydroxyl groups excluding tert-OH is 1. The van der Waals surface area contributed by atoms with Crippen LogP contribution in [0.25, 0.3) is 0 Å². The smallest absolute Gasteiger partial charge is 0.233 e. The molecule has 0 aromatic heterocycles. The molecule has 1 aromatic carbocycles. The van der Waals surface area contributed by atoms with Crippen LogP contribution >= 0.6 is 15.9 Å². The number of carbonyl (C=O) groups excluding carboxylic acids is 1. The van der Waals surface area contributed by atoms with Crippen molar-refractivity contribution in [2.24, 2.45) is 5.92 Å². The van der Waals surface area contributed by atoms with E-state index in [0.717, 1.165) is 22.3 Å². The second kappa shape index (κ2) is 5.74. The van der Waals surface area contributed by atoms with Gasteiger partial charge in [-0.3, -0.25) is 4.79 Å². The first-order valence-corrected chi connectivity index (χ1v) is 7.80. The van der Waals surface area contributed by atoms with Crippen molar-refractivity contribution in [3.63, 3.8) is 0 Å². The zero-order valence-electron chi connectivity index (χ0n) is 11.2. The molecule has 1 aliphatic carbocycles. The molecule has 2 aliphatic rings. The van der Waals surface area contributed by atoms with E-state index in [9.17, 15) is 4.79 Å². The number of benzene rings is 1. The molecule has 1 saturated carbocycles. The number of amides is 1. The van der Waals surface area contributed by atoms with E-state index < -0.39 is 0 Å². The van der Waals surface area contributed by atoms with E-state index >= 15 is 0 Å². The minimum absolute atomic E-state index is 0.0113. The predicted octanol–water partition coefficient (Wildman–Crippen LogP) is 2.16. The van der Waals surface area contributed by atoms with Crippen molar-refractivity contribution in [3.05, 3.63) is 28.2 Å². The third kappa shape index (κ3) is 2.83. The van der Waals surface area contributed by atoms with Gasteiger partial charge in [0.15, 0.2) is 0 Å². The zero-order chi connectivity index (χ0) is 14.1. The summed E-state index contributed by atoms with van der Waals surface area (Å²) in [7, 11) is 0. The third-order valence-electron chi connectivity index (χ3n) is 3.91. The maximum absolute atomic E-state index is 12.7. The fourth-order valence-corrected chi connectivity index (χ4v) is 3.01. The van der Waals surface area contributed by atoms with Gasteiger partial charge < -0.3 is 14.7 Å². The van der Waals surface area contributed by atoms with Crippen LogP contribution in [0.1, 0.15) is 24.3 Å². The number of rotatable bonds is 5. The van der Waals surface area contributed by atoms with E-state index in [2.05, 4.69) is 15.9 Å². The summed E-state index contributed by atoms with van der Waals surface area (Å²) in [6.07, 6.45) is 2.39. The standard InChI is InChI=1S/C15H18BrNO3/c16-11-3-4-14-12(7-11)13(9-20-14)15(19)17(5-6-18)8-10-1-2-10/h3-4,7,10,13,18H,1-2,5-6,8-9H2. The summed E-state index contributed by atoms with van der Waals surface area (Å²) in [6.45, 7) is 1.59. The van der Waals surface area contributed by atoms with Crippen molar-refractivity contribution in [2.75, 3.05) is 26.3 Å². The molecule has 4 nitrogen and oxygen atoms in total. The summed E-state index contributed by atoms with van der Waals surface area (Å²) in [5.74, 6) is 1.24. The third-order valence-corrected chi connectivity index (χ3v) is 4.40. The SMILES string of the molecule is O=C(C1COc2ccc(Br)cc21)N(CCO)CC1CC1. The Labute approximate surface area is 126 Å². The van der Waals surface area contributed by atoms with Gasteiger partial charge in [0.05, 0.1) is 6.61 Å². The molecule has 0 spiro atoms. The topological polar surface area (TPSA) is 49.8 Å². The molecule has 1 fully saturated rings. The Morgan fingerprint density at radius 2 is 2.25 bits per heavy atom. The Balaban J connectivity index is 1.78. The lowest BCUT2D eigenvalue weighted by molar-refractivity contribution is -0.133. The summed E-state index contributed by atoms with van der Waals surface area (Å²) in [4.78, 5) is 14.5. The molecule has 0 bridgehead atoms. The average molecular weight is 340 g/mol. The molecule has 108 valence electrons. The summed E-state index contributed by atoms with van der Waals surface area (Å²) < 4.78 is 6.56. The van der Waals surface area contributed by atoms with Crippen LogP contribution in [0, 0.1) is 5.92 Å². The van der Waals surface area contributed by atoms with Crippen molar-refractivity contribution < 1.29 is 14.6 Å².